The highest BCUT2D eigenvalue weighted by molar-refractivity contribution is 5.72. The number of nitrogens with zero attached hydrogens (tertiary/aromatic N) is 1. The second-order valence-electron chi connectivity index (χ2n) is 5.99. The second-order valence-corrected chi connectivity index (χ2v) is 5.99. The molecular formula is C16H23NO3. The van der Waals surface area contributed by atoms with Crippen molar-refractivity contribution in [2.75, 3.05) is 18.0 Å². The zero-order chi connectivity index (χ0) is 14.8. The summed E-state index contributed by atoms with van der Waals surface area (Å²) in [6.45, 7) is 5.11. The van der Waals surface area contributed by atoms with Crippen LogP contribution in [0, 0.1) is 11.8 Å². The zero-order valence-electron chi connectivity index (χ0n) is 12.1. The Hall–Kier alpha value is -1.55. The van der Waals surface area contributed by atoms with Gasteiger partial charge in [0.25, 0.3) is 0 Å². The smallest absolute Gasteiger partial charge is 0.309 e. The maximum absolute atomic E-state index is 11.4. The van der Waals surface area contributed by atoms with Crippen LogP contribution in [0.25, 0.3) is 0 Å². The molecule has 0 spiro atoms. The van der Waals surface area contributed by atoms with E-state index < -0.39 is 17.5 Å². The molecule has 110 valence electrons. The number of para-hydroxylation sites is 1. The highest BCUT2D eigenvalue weighted by atomic mass is 16.4. The molecule has 1 heterocycles. The average Bonchev–Trinajstić information content (AvgIpc) is 2.39. The summed E-state index contributed by atoms with van der Waals surface area (Å²) < 4.78 is 0. The van der Waals surface area contributed by atoms with Gasteiger partial charge in [-0.3, -0.25) is 4.79 Å². The standard InChI is InChI=1S/C16H23NO3/c1-12(2)14(15(18)19)16(20)8-10-17(11-9-16)13-6-4-3-5-7-13/h3-7,12,14,20H,8-11H2,1-2H3,(H,18,19). The van der Waals surface area contributed by atoms with Crippen LogP contribution in [-0.2, 0) is 4.79 Å². The van der Waals surface area contributed by atoms with Crippen molar-refractivity contribution in [2.45, 2.75) is 32.3 Å². The number of piperidine rings is 1. The second kappa shape index (κ2) is 5.83. The van der Waals surface area contributed by atoms with Crippen LogP contribution in [-0.4, -0.2) is 34.9 Å². The molecule has 2 rings (SSSR count). The summed E-state index contributed by atoms with van der Waals surface area (Å²) in [6.07, 6.45) is 0.994. The molecule has 4 nitrogen and oxygen atoms in total. The van der Waals surface area contributed by atoms with Crippen LogP contribution in [0.3, 0.4) is 0 Å². The van der Waals surface area contributed by atoms with Crippen LogP contribution in [0.15, 0.2) is 30.3 Å². The maximum atomic E-state index is 11.4. The molecule has 0 bridgehead atoms. The van der Waals surface area contributed by atoms with Crippen molar-refractivity contribution in [3.05, 3.63) is 30.3 Å². The van der Waals surface area contributed by atoms with Gasteiger partial charge in [-0.15, -0.1) is 0 Å². The van der Waals surface area contributed by atoms with Crippen molar-refractivity contribution in [3.63, 3.8) is 0 Å². The number of carbonyl (C=O) groups is 1. The van der Waals surface area contributed by atoms with Gasteiger partial charge in [0, 0.05) is 18.8 Å². The van der Waals surface area contributed by atoms with E-state index in [-0.39, 0.29) is 5.92 Å². The third-order valence-electron chi connectivity index (χ3n) is 4.26. The Balaban J connectivity index is 2.08. The normalized spacial score (nSPS) is 19.9. The predicted molar refractivity (Wildman–Crippen MR) is 78.8 cm³/mol. The van der Waals surface area contributed by atoms with Crippen molar-refractivity contribution in [1.29, 1.82) is 0 Å². The van der Waals surface area contributed by atoms with Crippen molar-refractivity contribution in [3.8, 4) is 0 Å². The molecule has 1 saturated heterocycles. The van der Waals surface area contributed by atoms with Crippen LogP contribution < -0.4 is 4.90 Å². The number of aliphatic carboxylic acids is 1. The van der Waals surface area contributed by atoms with Gasteiger partial charge in [0.15, 0.2) is 0 Å². The minimum Gasteiger partial charge on any atom is -0.481 e. The van der Waals surface area contributed by atoms with Gasteiger partial charge in [0.05, 0.1) is 11.5 Å². The van der Waals surface area contributed by atoms with E-state index in [2.05, 4.69) is 4.90 Å². The van der Waals surface area contributed by atoms with E-state index >= 15 is 0 Å². The fourth-order valence-corrected chi connectivity index (χ4v) is 3.24. The summed E-state index contributed by atoms with van der Waals surface area (Å²) in [5.41, 5.74) is 0.0385. The Morgan fingerprint density at radius 1 is 1.20 bits per heavy atom. The maximum Gasteiger partial charge on any atom is 0.309 e. The van der Waals surface area contributed by atoms with Crippen molar-refractivity contribution < 1.29 is 15.0 Å². The summed E-state index contributed by atoms with van der Waals surface area (Å²) in [5.74, 6) is -1.66. The Morgan fingerprint density at radius 3 is 2.20 bits per heavy atom. The number of benzene rings is 1. The number of rotatable bonds is 4. The van der Waals surface area contributed by atoms with E-state index in [1.165, 1.54) is 0 Å². The third-order valence-corrected chi connectivity index (χ3v) is 4.26. The van der Waals surface area contributed by atoms with Crippen LogP contribution in [0.5, 0.6) is 0 Å². The molecule has 20 heavy (non-hydrogen) atoms. The molecule has 0 aromatic heterocycles. The highest BCUT2D eigenvalue weighted by Gasteiger charge is 2.45. The lowest BCUT2D eigenvalue weighted by Crippen LogP contribution is -2.52. The summed E-state index contributed by atoms with van der Waals surface area (Å²) in [4.78, 5) is 13.6. The largest absolute Gasteiger partial charge is 0.481 e. The molecule has 1 aromatic carbocycles. The molecule has 0 saturated carbocycles. The Bertz CT molecular complexity index is 450. The van der Waals surface area contributed by atoms with E-state index in [1.54, 1.807) is 0 Å². The monoisotopic (exact) mass is 277 g/mol. The molecule has 1 unspecified atom stereocenters. The molecule has 2 N–H and O–H groups in total. The van der Waals surface area contributed by atoms with Gasteiger partial charge in [0.2, 0.25) is 0 Å². The lowest BCUT2D eigenvalue weighted by molar-refractivity contribution is -0.157. The first-order valence-corrected chi connectivity index (χ1v) is 7.19. The van der Waals surface area contributed by atoms with E-state index in [0.29, 0.717) is 25.9 Å². The van der Waals surface area contributed by atoms with Gasteiger partial charge < -0.3 is 15.1 Å². The van der Waals surface area contributed by atoms with Crippen LogP contribution in [0.1, 0.15) is 26.7 Å². The fraction of sp³-hybridized carbons (Fsp3) is 0.562. The van der Waals surface area contributed by atoms with Crippen molar-refractivity contribution in [1.82, 2.24) is 0 Å². The Kier molecular flexibility index (Phi) is 4.33. The van der Waals surface area contributed by atoms with Crippen molar-refractivity contribution >= 4 is 11.7 Å². The van der Waals surface area contributed by atoms with Gasteiger partial charge >= 0.3 is 5.97 Å². The molecular weight excluding hydrogens is 254 g/mol. The van der Waals surface area contributed by atoms with Gasteiger partial charge in [0.1, 0.15) is 0 Å². The van der Waals surface area contributed by atoms with Crippen molar-refractivity contribution in [2.24, 2.45) is 11.8 Å². The number of hydrogen-bond acceptors (Lipinski definition) is 3. The topological polar surface area (TPSA) is 60.8 Å². The first kappa shape index (κ1) is 14.9. The number of carboxylic acid groups (broad SMARTS) is 1. The molecule has 1 aromatic rings. The molecule has 0 amide bonds. The highest BCUT2D eigenvalue weighted by Crippen LogP contribution is 2.35. The summed E-state index contributed by atoms with van der Waals surface area (Å²) in [7, 11) is 0. The van der Waals surface area contributed by atoms with E-state index in [0.717, 1.165) is 5.69 Å². The van der Waals surface area contributed by atoms with E-state index in [1.807, 2.05) is 44.2 Å². The fourth-order valence-electron chi connectivity index (χ4n) is 3.24. The van der Waals surface area contributed by atoms with Gasteiger partial charge in [-0.05, 0) is 30.9 Å². The minimum atomic E-state index is -1.09. The van der Waals surface area contributed by atoms with Gasteiger partial charge in [-0.1, -0.05) is 32.0 Å². The molecule has 1 atom stereocenters. The van der Waals surface area contributed by atoms with Crippen LogP contribution in [0.2, 0.25) is 0 Å². The van der Waals surface area contributed by atoms with Gasteiger partial charge in [-0.25, -0.2) is 0 Å². The summed E-state index contributed by atoms with van der Waals surface area (Å²) in [6, 6.07) is 10.0. The van der Waals surface area contributed by atoms with Crippen LogP contribution >= 0.6 is 0 Å². The summed E-state index contributed by atoms with van der Waals surface area (Å²) in [5, 5.41) is 20.1. The molecule has 0 radical (unpaired) electrons. The average molecular weight is 277 g/mol. The number of aliphatic hydroxyl groups is 1. The number of anilines is 1. The summed E-state index contributed by atoms with van der Waals surface area (Å²) >= 11 is 0. The first-order valence-electron chi connectivity index (χ1n) is 7.19. The lowest BCUT2D eigenvalue weighted by Gasteiger charge is -2.43. The zero-order valence-corrected chi connectivity index (χ0v) is 12.1. The predicted octanol–water partition coefficient (Wildman–Crippen LogP) is 2.37. The number of hydrogen-bond donors (Lipinski definition) is 2. The lowest BCUT2D eigenvalue weighted by atomic mass is 9.74. The SMILES string of the molecule is CC(C)C(C(=O)O)C1(O)CCN(c2ccccc2)CC1. The molecule has 4 heteroatoms. The number of carboxylic acids is 1. The quantitative estimate of drug-likeness (QED) is 0.887. The molecule has 1 fully saturated rings. The van der Waals surface area contributed by atoms with E-state index in [9.17, 15) is 15.0 Å². The Labute approximate surface area is 120 Å². The Morgan fingerprint density at radius 2 is 1.75 bits per heavy atom. The van der Waals surface area contributed by atoms with Gasteiger partial charge in [-0.2, -0.15) is 0 Å². The molecule has 1 aliphatic rings. The molecule has 0 aliphatic carbocycles. The third kappa shape index (κ3) is 2.96. The first-order chi connectivity index (χ1) is 9.44. The van der Waals surface area contributed by atoms with E-state index in [4.69, 9.17) is 0 Å². The van der Waals surface area contributed by atoms with Crippen LogP contribution in [0.4, 0.5) is 5.69 Å². The minimum absolute atomic E-state index is 0.0687. The molecule has 1 aliphatic heterocycles.